The Morgan fingerprint density at radius 1 is 1.37 bits per heavy atom. The molecule has 110 valence electrons. The van der Waals surface area contributed by atoms with Crippen molar-refractivity contribution in [2.24, 2.45) is 16.7 Å². The first kappa shape index (κ1) is 16.3. The minimum atomic E-state index is -0.788. The Labute approximate surface area is 119 Å². The first-order valence-electron chi connectivity index (χ1n) is 6.77. The van der Waals surface area contributed by atoms with E-state index < -0.39 is 22.7 Å². The fraction of sp³-hybridized carbons (Fsp3) is 0.857. The van der Waals surface area contributed by atoms with E-state index in [4.69, 9.17) is 0 Å². The molecular weight excluding hydrogens is 262 g/mol. The Hall–Kier alpha value is -0.710. The summed E-state index contributed by atoms with van der Waals surface area (Å²) in [6.45, 7) is 6.38. The van der Waals surface area contributed by atoms with Gasteiger partial charge in [-0.15, -0.1) is 0 Å². The van der Waals surface area contributed by atoms with E-state index in [1.807, 2.05) is 27.0 Å². The van der Waals surface area contributed by atoms with Crippen LogP contribution in [0.25, 0.3) is 0 Å². The lowest BCUT2D eigenvalue weighted by molar-refractivity contribution is -0.148. The van der Waals surface area contributed by atoms with Crippen molar-refractivity contribution in [1.29, 1.82) is 0 Å². The fourth-order valence-electron chi connectivity index (χ4n) is 2.95. The third kappa shape index (κ3) is 3.07. The molecule has 1 fully saturated rings. The second-order valence-electron chi connectivity index (χ2n) is 6.09. The molecule has 0 heterocycles. The summed E-state index contributed by atoms with van der Waals surface area (Å²) in [6.07, 6.45) is 4.22. The van der Waals surface area contributed by atoms with Gasteiger partial charge in [-0.2, -0.15) is 11.8 Å². The Kier molecular flexibility index (Phi) is 5.30. The van der Waals surface area contributed by atoms with Crippen molar-refractivity contribution in [3.63, 3.8) is 0 Å². The van der Waals surface area contributed by atoms with E-state index in [2.05, 4.69) is 5.32 Å². The summed E-state index contributed by atoms with van der Waals surface area (Å²) >= 11 is 1.76. The Bertz CT molecular complexity index is 357. The highest BCUT2D eigenvalue weighted by Gasteiger charge is 2.57. The van der Waals surface area contributed by atoms with Crippen LogP contribution in [-0.2, 0) is 9.59 Å². The molecule has 0 aromatic heterocycles. The van der Waals surface area contributed by atoms with Gasteiger partial charge in [0.15, 0.2) is 0 Å². The van der Waals surface area contributed by atoms with Crippen LogP contribution in [0.15, 0.2) is 0 Å². The zero-order chi connectivity index (χ0) is 14.7. The number of carbonyl (C=O) groups excluding carboxylic acids is 1. The van der Waals surface area contributed by atoms with E-state index in [0.717, 1.165) is 12.2 Å². The van der Waals surface area contributed by atoms with Crippen molar-refractivity contribution >= 4 is 23.6 Å². The van der Waals surface area contributed by atoms with Crippen molar-refractivity contribution in [2.75, 3.05) is 18.6 Å². The SMILES string of the molecule is CSCCCNC(=O)C1(C)CCC(C(=O)O)C1(C)C. The van der Waals surface area contributed by atoms with Gasteiger partial charge < -0.3 is 10.4 Å². The molecule has 0 aromatic rings. The van der Waals surface area contributed by atoms with Crippen molar-refractivity contribution < 1.29 is 14.7 Å². The minimum absolute atomic E-state index is 0.00218. The second kappa shape index (κ2) is 6.16. The minimum Gasteiger partial charge on any atom is -0.481 e. The van der Waals surface area contributed by atoms with Gasteiger partial charge >= 0.3 is 5.97 Å². The van der Waals surface area contributed by atoms with Crippen molar-refractivity contribution in [3.05, 3.63) is 0 Å². The topological polar surface area (TPSA) is 66.4 Å². The smallest absolute Gasteiger partial charge is 0.307 e. The monoisotopic (exact) mass is 287 g/mol. The lowest BCUT2D eigenvalue weighted by Crippen LogP contribution is -2.48. The molecular formula is C14H25NO3S. The maximum Gasteiger partial charge on any atom is 0.307 e. The number of nitrogens with one attached hydrogen (secondary N) is 1. The van der Waals surface area contributed by atoms with Crippen LogP contribution in [0, 0.1) is 16.7 Å². The van der Waals surface area contributed by atoms with Gasteiger partial charge in [-0.05, 0) is 36.7 Å². The molecule has 0 saturated heterocycles. The summed E-state index contributed by atoms with van der Waals surface area (Å²) in [5.41, 5.74) is -1.10. The molecule has 0 spiro atoms. The van der Waals surface area contributed by atoms with Crippen LogP contribution in [0.4, 0.5) is 0 Å². The summed E-state index contributed by atoms with van der Waals surface area (Å²) in [5, 5.41) is 12.2. The van der Waals surface area contributed by atoms with Gasteiger partial charge in [-0.25, -0.2) is 0 Å². The molecule has 2 unspecified atom stereocenters. The molecule has 19 heavy (non-hydrogen) atoms. The quantitative estimate of drug-likeness (QED) is 0.736. The number of hydrogen-bond donors (Lipinski definition) is 2. The highest BCUT2D eigenvalue weighted by molar-refractivity contribution is 7.98. The first-order valence-corrected chi connectivity index (χ1v) is 8.17. The summed E-state index contributed by atoms with van der Waals surface area (Å²) in [7, 11) is 0. The van der Waals surface area contributed by atoms with Gasteiger partial charge in [0.05, 0.1) is 11.3 Å². The predicted octanol–water partition coefficient (Wildman–Crippen LogP) is 2.38. The Morgan fingerprint density at radius 2 is 2.00 bits per heavy atom. The number of thioether (sulfide) groups is 1. The summed E-state index contributed by atoms with van der Waals surface area (Å²) in [6, 6.07) is 0. The number of carboxylic acid groups (broad SMARTS) is 1. The van der Waals surface area contributed by atoms with Crippen LogP contribution < -0.4 is 5.32 Å². The van der Waals surface area contributed by atoms with Crippen molar-refractivity contribution in [3.8, 4) is 0 Å². The average Bonchev–Trinajstić information content (AvgIpc) is 2.57. The molecule has 1 rings (SSSR count). The molecule has 4 nitrogen and oxygen atoms in total. The van der Waals surface area contributed by atoms with Gasteiger partial charge in [0.1, 0.15) is 0 Å². The number of rotatable bonds is 6. The van der Waals surface area contributed by atoms with E-state index in [1.165, 1.54) is 0 Å². The lowest BCUT2D eigenvalue weighted by atomic mass is 9.65. The Balaban J connectivity index is 2.70. The standard InChI is InChI=1S/C14H25NO3S/c1-13(2)10(11(16)17)6-7-14(13,3)12(18)15-8-5-9-19-4/h10H,5-9H2,1-4H3,(H,15,18)(H,16,17). The van der Waals surface area contributed by atoms with Crippen molar-refractivity contribution in [2.45, 2.75) is 40.0 Å². The van der Waals surface area contributed by atoms with Gasteiger partial charge in [-0.1, -0.05) is 20.8 Å². The van der Waals surface area contributed by atoms with Crippen LogP contribution in [0.2, 0.25) is 0 Å². The van der Waals surface area contributed by atoms with Gasteiger partial charge in [0.2, 0.25) is 5.91 Å². The van der Waals surface area contributed by atoms with Gasteiger partial charge in [0.25, 0.3) is 0 Å². The third-order valence-corrected chi connectivity index (χ3v) is 5.53. The van der Waals surface area contributed by atoms with Crippen LogP contribution in [0.5, 0.6) is 0 Å². The van der Waals surface area contributed by atoms with Crippen LogP contribution >= 0.6 is 11.8 Å². The number of carbonyl (C=O) groups is 2. The normalized spacial score (nSPS) is 29.2. The zero-order valence-electron chi connectivity index (χ0n) is 12.3. The predicted molar refractivity (Wildman–Crippen MR) is 78.3 cm³/mol. The molecule has 0 radical (unpaired) electrons. The molecule has 1 saturated carbocycles. The second-order valence-corrected chi connectivity index (χ2v) is 7.07. The molecule has 1 aliphatic rings. The van der Waals surface area contributed by atoms with Crippen LogP contribution in [-0.4, -0.2) is 35.5 Å². The van der Waals surface area contributed by atoms with Crippen molar-refractivity contribution in [1.82, 2.24) is 5.32 Å². The molecule has 2 N–H and O–H groups in total. The van der Waals surface area contributed by atoms with E-state index in [1.54, 1.807) is 11.8 Å². The molecule has 5 heteroatoms. The number of hydrogen-bond acceptors (Lipinski definition) is 3. The molecule has 0 bridgehead atoms. The summed E-state index contributed by atoms with van der Waals surface area (Å²) in [5.74, 6) is -0.196. The molecule has 1 aliphatic carbocycles. The lowest BCUT2D eigenvalue weighted by Gasteiger charge is -2.39. The average molecular weight is 287 g/mol. The molecule has 1 amide bonds. The molecule has 2 atom stereocenters. The number of aliphatic carboxylic acids is 1. The zero-order valence-corrected chi connectivity index (χ0v) is 13.1. The van der Waals surface area contributed by atoms with E-state index >= 15 is 0 Å². The summed E-state index contributed by atoms with van der Waals surface area (Å²) in [4.78, 5) is 23.7. The van der Waals surface area contributed by atoms with Crippen LogP contribution in [0.1, 0.15) is 40.0 Å². The highest BCUT2D eigenvalue weighted by atomic mass is 32.2. The fourth-order valence-corrected chi connectivity index (χ4v) is 3.39. The van der Waals surface area contributed by atoms with E-state index in [0.29, 0.717) is 19.4 Å². The molecule has 0 aliphatic heterocycles. The highest BCUT2D eigenvalue weighted by Crippen LogP contribution is 2.56. The maximum atomic E-state index is 12.4. The van der Waals surface area contributed by atoms with E-state index in [9.17, 15) is 14.7 Å². The largest absolute Gasteiger partial charge is 0.481 e. The summed E-state index contributed by atoms with van der Waals surface area (Å²) < 4.78 is 0. The van der Waals surface area contributed by atoms with E-state index in [-0.39, 0.29) is 5.91 Å². The third-order valence-electron chi connectivity index (χ3n) is 4.84. The Morgan fingerprint density at radius 3 is 2.47 bits per heavy atom. The van der Waals surface area contributed by atoms with Gasteiger partial charge in [-0.3, -0.25) is 9.59 Å². The number of carboxylic acids is 1. The maximum absolute atomic E-state index is 12.4. The molecule has 0 aromatic carbocycles. The number of amides is 1. The van der Waals surface area contributed by atoms with Gasteiger partial charge in [0, 0.05) is 6.54 Å². The first-order chi connectivity index (χ1) is 8.77. The van der Waals surface area contributed by atoms with Crippen LogP contribution in [0.3, 0.4) is 0 Å².